The van der Waals surface area contributed by atoms with Crippen LogP contribution in [0.2, 0.25) is 0 Å². The van der Waals surface area contributed by atoms with Crippen LogP contribution in [-0.4, -0.2) is 71.7 Å². The van der Waals surface area contributed by atoms with Crippen LogP contribution in [0.15, 0.2) is 72.2 Å². The van der Waals surface area contributed by atoms with Gasteiger partial charge in [0.05, 0.1) is 17.1 Å². The van der Waals surface area contributed by atoms with Gasteiger partial charge in [0.2, 0.25) is 5.95 Å². The van der Waals surface area contributed by atoms with Crippen molar-refractivity contribution in [1.29, 1.82) is 0 Å². The molecule has 0 radical (unpaired) electrons. The second kappa shape index (κ2) is 10.6. The Morgan fingerprint density at radius 2 is 1.76 bits per heavy atom. The molecule has 2 aliphatic heterocycles. The number of nitrogens with two attached hydrogens (primary N) is 1. The smallest absolute Gasteiger partial charge is 0.275 e. The number of likely N-dealkylation sites (N-methyl/N-ethyl adjacent to an activating group) is 1. The number of benzene rings is 2. The lowest BCUT2D eigenvalue weighted by Gasteiger charge is -2.37. The Kier molecular flexibility index (Phi) is 6.80. The largest absolute Gasteiger partial charge is 0.397 e. The van der Waals surface area contributed by atoms with Gasteiger partial charge in [-0.2, -0.15) is 4.98 Å². The first-order chi connectivity index (χ1) is 19.8. The van der Waals surface area contributed by atoms with Gasteiger partial charge in [-0.3, -0.25) is 14.2 Å². The highest BCUT2D eigenvalue weighted by Gasteiger charge is 2.30. The highest BCUT2D eigenvalue weighted by Crippen LogP contribution is 2.41. The molecule has 210 valence electrons. The van der Waals surface area contributed by atoms with Gasteiger partial charge in [-0.25, -0.2) is 4.98 Å². The van der Waals surface area contributed by atoms with Gasteiger partial charge in [0.15, 0.2) is 0 Å². The molecular formula is C30H33N9O2. The quantitative estimate of drug-likeness (QED) is 0.285. The first-order valence-corrected chi connectivity index (χ1v) is 13.6. The van der Waals surface area contributed by atoms with Gasteiger partial charge >= 0.3 is 0 Å². The third-order valence-corrected chi connectivity index (χ3v) is 7.81. The molecule has 0 unspecified atom stereocenters. The van der Waals surface area contributed by atoms with E-state index in [-0.39, 0.29) is 11.5 Å². The van der Waals surface area contributed by atoms with E-state index in [4.69, 9.17) is 5.73 Å². The molecule has 3 N–H and O–H groups in total. The molecule has 2 aliphatic rings. The maximum atomic E-state index is 13.6. The summed E-state index contributed by atoms with van der Waals surface area (Å²) >= 11 is 0. The summed E-state index contributed by atoms with van der Waals surface area (Å²) in [6.07, 6.45) is 2.98. The summed E-state index contributed by atoms with van der Waals surface area (Å²) in [5, 5.41) is 3.98. The van der Waals surface area contributed by atoms with Crippen molar-refractivity contribution in [2.24, 2.45) is 7.05 Å². The normalized spacial score (nSPS) is 15.6. The Labute approximate surface area is 238 Å². The van der Waals surface area contributed by atoms with Crippen molar-refractivity contribution < 1.29 is 4.79 Å². The Bertz CT molecular complexity index is 1690. The maximum absolute atomic E-state index is 13.6. The molecule has 0 aliphatic carbocycles. The van der Waals surface area contributed by atoms with Crippen LogP contribution in [0.5, 0.6) is 0 Å². The van der Waals surface area contributed by atoms with Gasteiger partial charge in [0, 0.05) is 69.3 Å². The third kappa shape index (κ3) is 4.84. The van der Waals surface area contributed by atoms with Crippen molar-refractivity contribution >= 4 is 57.0 Å². The number of amides is 1. The molecule has 4 heterocycles. The first-order valence-electron chi connectivity index (χ1n) is 13.6. The number of aryl methyl sites for hydroxylation is 1. The van der Waals surface area contributed by atoms with Crippen molar-refractivity contribution in [2.75, 3.05) is 72.1 Å². The van der Waals surface area contributed by atoms with Gasteiger partial charge < -0.3 is 30.7 Å². The molecule has 6 rings (SSSR count). The van der Waals surface area contributed by atoms with Gasteiger partial charge in [0.25, 0.3) is 11.5 Å². The summed E-state index contributed by atoms with van der Waals surface area (Å²) in [7, 11) is 3.85. The van der Waals surface area contributed by atoms with E-state index in [1.165, 1.54) is 16.3 Å². The van der Waals surface area contributed by atoms with E-state index in [9.17, 15) is 9.59 Å². The number of anilines is 7. The molecule has 4 aromatic rings. The monoisotopic (exact) mass is 551 g/mol. The van der Waals surface area contributed by atoms with Crippen LogP contribution in [0.4, 0.5) is 40.1 Å². The highest BCUT2D eigenvalue weighted by atomic mass is 16.2. The Hall–Kier alpha value is -4.90. The van der Waals surface area contributed by atoms with Crippen molar-refractivity contribution in [1.82, 2.24) is 19.4 Å². The van der Waals surface area contributed by atoms with E-state index in [0.717, 1.165) is 31.9 Å². The molecule has 1 amide bonds. The van der Waals surface area contributed by atoms with Crippen LogP contribution < -0.4 is 31.3 Å². The van der Waals surface area contributed by atoms with Gasteiger partial charge in [0.1, 0.15) is 11.3 Å². The van der Waals surface area contributed by atoms with E-state index >= 15 is 0 Å². The fraction of sp³-hybridized carbons (Fsp3) is 0.267. The lowest BCUT2D eigenvalue weighted by Crippen LogP contribution is -2.44. The molecule has 0 spiro atoms. The van der Waals surface area contributed by atoms with Crippen molar-refractivity contribution in [3.8, 4) is 0 Å². The van der Waals surface area contributed by atoms with Crippen LogP contribution >= 0.6 is 0 Å². The standard InChI is InChI=1S/C30H33N9O2/c1-4-26(40)39-17-16-38(24-7-5-6-23(31)27(24)39)25-18-20-19-32-30(34-28(20)36(3)29(25)41)33-21-8-10-22(11-9-21)37-14-12-35(2)13-15-37/h4-11,18-19H,1,12-17,31H2,2-3H3,(H,32,33,34). The molecule has 11 nitrogen and oxygen atoms in total. The zero-order valence-electron chi connectivity index (χ0n) is 23.2. The molecular weight excluding hydrogens is 518 g/mol. The number of hydrogen-bond acceptors (Lipinski definition) is 9. The third-order valence-electron chi connectivity index (χ3n) is 7.81. The zero-order valence-corrected chi connectivity index (χ0v) is 23.2. The molecule has 2 aromatic carbocycles. The van der Waals surface area contributed by atoms with E-state index in [0.29, 0.717) is 52.8 Å². The Morgan fingerprint density at radius 1 is 1.00 bits per heavy atom. The van der Waals surface area contributed by atoms with E-state index in [1.54, 1.807) is 30.3 Å². The number of nitrogen functional groups attached to an aromatic ring is 1. The first kappa shape index (κ1) is 26.3. The van der Waals surface area contributed by atoms with Crippen LogP contribution in [-0.2, 0) is 11.8 Å². The van der Waals surface area contributed by atoms with Crippen LogP contribution in [0.25, 0.3) is 11.0 Å². The number of hydrogen-bond donors (Lipinski definition) is 2. The summed E-state index contributed by atoms with van der Waals surface area (Å²) in [5.41, 5.74) is 10.8. The fourth-order valence-electron chi connectivity index (χ4n) is 5.51. The summed E-state index contributed by atoms with van der Waals surface area (Å²) < 4.78 is 1.53. The highest BCUT2D eigenvalue weighted by molar-refractivity contribution is 6.07. The second-order valence-corrected chi connectivity index (χ2v) is 10.4. The molecule has 1 fully saturated rings. The summed E-state index contributed by atoms with van der Waals surface area (Å²) in [6, 6.07) is 15.4. The van der Waals surface area contributed by atoms with Gasteiger partial charge in [-0.1, -0.05) is 12.6 Å². The van der Waals surface area contributed by atoms with E-state index in [1.807, 2.05) is 29.2 Å². The number of nitrogens with one attached hydrogen (secondary N) is 1. The predicted molar refractivity (Wildman–Crippen MR) is 165 cm³/mol. The van der Waals surface area contributed by atoms with Crippen molar-refractivity contribution in [3.63, 3.8) is 0 Å². The average molecular weight is 552 g/mol. The number of carbonyl (C=O) groups is 1. The average Bonchev–Trinajstić information content (AvgIpc) is 2.99. The summed E-state index contributed by atoms with van der Waals surface area (Å²) in [6.45, 7) is 8.51. The fourth-order valence-corrected chi connectivity index (χ4v) is 5.51. The minimum Gasteiger partial charge on any atom is -0.397 e. The summed E-state index contributed by atoms with van der Waals surface area (Å²) in [4.78, 5) is 43.6. The Balaban J connectivity index is 1.29. The number of pyridine rings is 1. The molecule has 11 heteroatoms. The molecule has 41 heavy (non-hydrogen) atoms. The van der Waals surface area contributed by atoms with Crippen LogP contribution in [0, 0.1) is 0 Å². The number of carbonyl (C=O) groups excluding carboxylic acids is 1. The van der Waals surface area contributed by atoms with Gasteiger partial charge in [-0.15, -0.1) is 0 Å². The number of piperazine rings is 1. The minimum atomic E-state index is -0.238. The minimum absolute atomic E-state index is 0.212. The number of aromatic nitrogens is 3. The lowest BCUT2D eigenvalue weighted by molar-refractivity contribution is -0.114. The maximum Gasteiger partial charge on any atom is 0.275 e. The number of para-hydroxylation sites is 1. The predicted octanol–water partition coefficient (Wildman–Crippen LogP) is 3.08. The molecule has 1 saturated heterocycles. The number of fused-ring (bicyclic) bond motifs is 2. The van der Waals surface area contributed by atoms with E-state index < -0.39 is 0 Å². The van der Waals surface area contributed by atoms with E-state index in [2.05, 4.69) is 50.8 Å². The number of nitrogens with zero attached hydrogens (tertiary/aromatic N) is 7. The topological polar surface area (TPSA) is 116 Å². The molecule has 0 atom stereocenters. The van der Waals surface area contributed by atoms with Crippen LogP contribution in [0.3, 0.4) is 0 Å². The summed E-state index contributed by atoms with van der Waals surface area (Å²) in [5.74, 6) is 0.167. The van der Waals surface area contributed by atoms with Gasteiger partial charge in [-0.05, 0) is 55.6 Å². The molecule has 0 bridgehead atoms. The SMILES string of the molecule is C=CC(=O)N1CCN(c2cc3cnc(Nc4ccc(N5CCN(C)CC5)cc4)nc3n(C)c2=O)c2cccc(N)c21. The second-order valence-electron chi connectivity index (χ2n) is 10.4. The van der Waals surface area contributed by atoms with Crippen molar-refractivity contribution in [3.05, 3.63) is 77.7 Å². The zero-order chi connectivity index (χ0) is 28.7. The Morgan fingerprint density at radius 3 is 2.49 bits per heavy atom. The number of rotatable bonds is 5. The van der Waals surface area contributed by atoms with Crippen molar-refractivity contribution in [2.45, 2.75) is 0 Å². The molecule has 2 aromatic heterocycles. The van der Waals surface area contributed by atoms with Crippen LogP contribution in [0.1, 0.15) is 0 Å². The lowest BCUT2D eigenvalue weighted by atomic mass is 10.1. The molecule has 0 saturated carbocycles.